The number of benzene rings is 2. The number of ether oxygens (including phenoxy) is 1. The number of hydrogen-bond donors (Lipinski definition) is 1. The van der Waals surface area contributed by atoms with Crippen LogP contribution in [-0.4, -0.2) is 48.7 Å². The molecule has 2 aromatic carbocycles. The van der Waals surface area contributed by atoms with Crippen molar-refractivity contribution in [2.45, 2.75) is 6.92 Å². The van der Waals surface area contributed by atoms with Crippen molar-refractivity contribution in [2.75, 3.05) is 43.0 Å². The summed E-state index contributed by atoms with van der Waals surface area (Å²) < 4.78 is 19.6. The maximum Gasteiger partial charge on any atom is 0.321 e. The van der Waals surface area contributed by atoms with Gasteiger partial charge in [-0.3, -0.25) is 0 Å². The Morgan fingerprint density at radius 3 is 2.64 bits per heavy atom. The molecule has 2 heterocycles. The molecule has 146 valence electrons. The number of carbonyl (C=O) groups excluding carboxylic acids is 1. The summed E-state index contributed by atoms with van der Waals surface area (Å²) in [4.78, 5) is 21.1. The number of fused-ring (bicyclic) bond motifs is 1. The van der Waals surface area contributed by atoms with Crippen LogP contribution in [0.5, 0.6) is 5.75 Å². The van der Waals surface area contributed by atoms with Gasteiger partial charge in [0.25, 0.3) is 0 Å². The topological polar surface area (TPSA) is 57.7 Å². The first kappa shape index (κ1) is 18.5. The molecular formula is C20H21FN4O2S. The van der Waals surface area contributed by atoms with E-state index in [-0.39, 0.29) is 11.8 Å². The molecule has 28 heavy (non-hydrogen) atoms. The monoisotopic (exact) mass is 400 g/mol. The highest BCUT2D eigenvalue weighted by atomic mass is 32.1. The minimum absolute atomic E-state index is 0.170. The van der Waals surface area contributed by atoms with Crippen LogP contribution in [0.4, 0.5) is 20.0 Å². The van der Waals surface area contributed by atoms with Crippen molar-refractivity contribution in [1.82, 2.24) is 9.88 Å². The Labute approximate surface area is 166 Å². The summed E-state index contributed by atoms with van der Waals surface area (Å²) >= 11 is 1.64. The van der Waals surface area contributed by atoms with E-state index in [0.717, 1.165) is 34.2 Å². The molecule has 1 N–H and O–H groups in total. The van der Waals surface area contributed by atoms with Crippen molar-refractivity contribution < 1.29 is 13.9 Å². The fourth-order valence-corrected chi connectivity index (χ4v) is 4.17. The molecule has 1 aromatic heterocycles. The molecule has 4 rings (SSSR count). The Balaban J connectivity index is 1.37. The molecule has 8 heteroatoms. The second kappa shape index (κ2) is 8.02. The smallest absolute Gasteiger partial charge is 0.321 e. The van der Waals surface area contributed by atoms with Gasteiger partial charge in [0.15, 0.2) is 5.13 Å². The molecule has 1 fully saturated rings. The Kier molecular flexibility index (Phi) is 5.29. The van der Waals surface area contributed by atoms with Crippen molar-refractivity contribution in [2.24, 2.45) is 0 Å². The third-order valence-electron chi connectivity index (χ3n) is 4.59. The average Bonchev–Trinajstić information content (AvgIpc) is 3.13. The number of aromatic nitrogens is 1. The van der Waals surface area contributed by atoms with Crippen LogP contribution in [0.1, 0.15) is 6.92 Å². The zero-order valence-corrected chi connectivity index (χ0v) is 16.3. The van der Waals surface area contributed by atoms with E-state index in [1.165, 1.54) is 12.1 Å². The molecule has 1 aliphatic heterocycles. The van der Waals surface area contributed by atoms with Gasteiger partial charge in [0, 0.05) is 31.9 Å². The van der Waals surface area contributed by atoms with Gasteiger partial charge in [0.05, 0.1) is 16.8 Å². The van der Waals surface area contributed by atoms with Gasteiger partial charge in [-0.25, -0.2) is 14.2 Å². The zero-order valence-electron chi connectivity index (χ0n) is 15.5. The molecule has 0 atom stereocenters. The number of thiazole rings is 1. The first-order valence-corrected chi connectivity index (χ1v) is 10.0. The SMILES string of the molecule is CCOc1ccc2nc(N3CCN(C(=O)Nc4ccc(F)cc4)CC3)sc2c1. The summed E-state index contributed by atoms with van der Waals surface area (Å²) in [5.74, 6) is 0.531. The number of rotatable bonds is 4. The lowest BCUT2D eigenvalue weighted by molar-refractivity contribution is 0.208. The lowest BCUT2D eigenvalue weighted by Crippen LogP contribution is -2.50. The molecule has 0 aliphatic carbocycles. The van der Waals surface area contributed by atoms with Gasteiger partial charge in [0.1, 0.15) is 11.6 Å². The summed E-state index contributed by atoms with van der Waals surface area (Å²) in [5.41, 5.74) is 1.55. The summed E-state index contributed by atoms with van der Waals surface area (Å²) in [5, 5.41) is 3.77. The Hall–Kier alpha value is -2.87. The number of nitrogens with one attached hydrogen (secondary N) is 1. The van der Waals surface area contributed by atoms with Crippen molar-refractivity contribution >= 4 is 38.4 Å². The molecule has 1 aliphatic rings. The number of anilines is 2. The number of nitrogens with zero attached hydrogens (tertiary/aromatic N) is 3. The standard InChI is InChI=1S/C20H21FN4O2S/c1-2-27-16-7-8-17-18(13-16)28-20(23-17)25-11-9-24(10-12-25)19(26)22-15-5-3-14(21)4-6-15/h3-8,13H,2,9-12H2,1H3,(H,22,26). The first-order valence-electron chi connectivity index (χ1n) is 9.22. The maximum absolute atomic E-state index is 13.0. The maximum atomic E-state index is 13.0. The van der Waals surface area contributed by atoms with E-state index < -0.39 is 0 Å². The van der Waals surface area contributed by atoms with Gasteiger partial charge in [-0.05, 0) is 49.4 Å². The van der Waals surface area contributed by atoms with E-state index in [1.807, 2.05) is 25.1 Å². The second-order valence-electron chi connectivity index (χ2n) is 6.47. The summed E-state index contributed by atoms with van der Waals surface area (Å²) in [6.07, 6.45) is 0. The number of amides is 2. The van der Waals surface area contributed by atoms with Crippen molar-refractivity contribution in [1.29, 1.82) is 0 Å². The van der Waals surface area contributed by atoms with Gasteiger partial charge in [0.2, 0.25) is 0 Å². The minimum Gasteiger partial charge on any atom is -0.494 e. The Morgan fingerprint density at radius 2 is 1.93 bits per heavy atom. The molecule has 0 bridgehead atoms. The summed E-state index contributed by atoms with van der Waals surface area (Å²) in [6.45, 7) is 5.25. The highest BCUT2D eigenvalue weighted by molar-refractivity contribution is 7.22. The van der Waals surface area contributed by atoms with Crippen LogP contribution in [0.2, 0.25) is 0 Å². The second-order valence-corrected chi connectivity index (χ2v) is 7.48. The van der Waals surface area contributed by atoms with E-state index in [0.29, 0.717) is 25.4 Å². The van der Waals surface area contributed by atoms with Gasteiger partial charge >= 0.3 is 6.03 Å². The lowest BCUT2D eigenvalue weighted by Gasteiger charge is -2.34. The molecule has 0 saturated carbocycles. The summed E-state index contributed by atoms with van der Waals surface area (Å²) in [7, 11) is 0. The third-order valence-corrected chi connectivity index (χ3v) is 5.67. The van der Waals surface area contributed by atoms with E-state index in [9.17, 15) is 9.18 Å². The number of halogens is 1. The van der Waals surface area contributed by atoms with Crippen LogP contribution in [-0.2, 0) is 0 Å². The highest BCUT2D eigenvalue weighted by Crippen LogP contribution is 2.32. The van der Waals surface area contributed by atoms with Crippen LogP contribution in [0.3, 0.4) is 0 Å². The van der Waals surface area contributed by atoms with Gasteiger partial charge in [-0.1, -0.05) is 11.3 Å². The van der Waals surface area contributed by atoms with Crippen LogP contribution in [0.15, 0.2) is 42.5 Å². The Bertz CT molecular complexity index is 968. The fraction of sp³-hybridized carbons (Fsp3) is 0.300. The predicted molar refractivity (Wildman–Crippen MR) is 110 cm³/mol. The van der Waals surface area contributed by atoms with E-state index in [4.69, 9.17) is 9.72 Å². The molecule has 1 saturated heterocycles. The van der Waals surface area contributed by atoms with Crippen LogP contribution in [0.25, 0.3) is 10.2 Å². The van der Waals surface area contributed by atoms with Crippen molar-refractivity contribution in [3.8, 4) is 5.75 Å². The molecule has 2 amide bonds. The fourth-order valence-electron chi connectivity index (χ4n) is 3.12. The normalized spacial score (nSPS) is 14.4. The zero-order chi connectivity index (χ0) is 19.5. The number of piperazine rings is 1. The highest BCUT2D eigenvalue weighted by Gasteiger charge is 2.23. The Morgan fingerprint density at radius 1 is 1.18 bits per heavy atom. The molecule has 6 nitrogen and oxygen atoms in total. The van der Waals surface area contributed by atoms with Crippen molar-refractivity contribution in [3.63, 3.8) is 0 Å². The van der Waals surface area contributed by atoms with Crippen molar-refractivity contribution in [3.05, 3.63) is 48.3 Å². The van der Waals surface area contributed by atoms with Crippen LogP contribution in [0, 0.1) is 5.82 Å². The quantitative estimate of drug-likeness (QED) is 0.714. The average molecular weight is 400 g/mol. The molecule has 0 radical (unpaired) electrons. The van der Waals surface area contributed by atoms with E-state index in [2.05, 4.69) is 10.2 Å². The molecule has 0 spiro atoms. The predicted octanol–water partition coefficient (Wildman–Crippen LogP) is 4.19. The molecule has 3 aromatic rings. The summed E-state index contributed by atoms with van der Waals surface area (Å²) in [6, 6.07) is 11.5. The van der Waals surface area contributed by atoms with Crippen LogP contribution < -0.4 is 15.0 Å². The van der Waals surface area contributed by atoms with Crippen LogP contribution >= 0.6 is 11.3 Å². The molecule has 0 unspecified atom stereocenters. The van der Waals surface area contributed by atoms with Gasteiger partial charge in [-0.15, -0.1) is 0 Å². The number of hydrogen-bond acceptors (Lipinski definition) is 5. The van der Waals surface area contributed by atoms with Gasteiger partial charge in [-0.2, -0.15) is 0 Å². The minimum atomic E-state index is -0.323. The van der Waals surface area contributed by atoms with Gasteiger partial charge < -0.3 is 19.9 Å². The largest absolute Gasteiger partial charge is 0.494 e. The van der Waals surface area contributed by atoms with E-state index in [1.54, 1.807) is 28.4 Å². The molecular weight excluding hydrogens is 379 g/mol. The lowest BCUT2D eigenvalue weighted by atomic mass is 10.3. The first-order chi connectivity index (χ1) is 13.6. The van der Waals surface area contributed by atoms with E-state index >= 15 is 0 Å². The number of carbonyl (C=O) groups is 1. The number of urea groups is 1. The third kappa shape index (κ3) is 4.01.